The molecule has 4 aliphatic rings. The maximum absolute atomic E-state index is 12.5. The number of benzene rings is 1. The zero-order valence-corrected chi connectivity index (χ0v) is 19.8. The Morgan fingerprint density at radius 1 is 0.906 bits per heavy atom. The Morgan fingerprint density at radius 3 is 2.03 bits per heavy atom. The van der Waals surface area contributed by atoms with Crippen LogP contribution in [0.1, 0.15) is 69.9 Å². The molecule has 0 spiro atoms. The van der Waals surface area contributed by atoms with Gasteiger partial charge in [0.15, 0.2) is 0 Å². The van der Waals surface area contributed by atoms with E-state index in [0.29, 0.717) is 19.5 Å². The first-order chi connectivity index (χ1) is 15.5. The molecule has 0 saturated heterocycles. The van der Waals surface area contributed by atoms with Gasteiger partial charge in [-0.1, -0.05) is 38.1 Å². The monoisotopic (exact) mass is 440 g/mol. The fourth-order valence-corrected chi connectivity index (χ4v) is 6.60. The molecule has 3 N–H and O–H groups in total. The number of hydrogen-bond donors (Lipinski definition) is 3. The molecule has 0 heterocycles. The van der Waals surface area contributed by atoms with Gasteiger partial charge in [0, 0.05) is 31.6 Å². The number of nitrogens with one attached hydrogen (secondary N) is 3. The van der Waals surface area contributed by atoms with Gasteiger partial charge in [-0.15, -0.1) is 0 Å². The lowest BCUT2D eigenvalue weighted by atomic mass is 9.53. The van der Waals surface area contributed by atoms with Crippen LogP contribution < -0.4 is 16.0 Å². The molecule has 3 amide bonds. The molecule has 4 saturated carbocycles. The summed E-state index contributed by atoms with van der Waals surface area (Å²) >= 11 is 0. The minimum absolute atomic E-state index is 0.0124. The van der Waals surface area contributed by atoms with Crippen molar-refractivity contribution in [2.75, 3.05) is 19.6 Å². The Bertz CT molecular complexity index is 752. The highest BCUT2D eigenvalue weighted by Crippen LogP contribution is 2.55. The molecule has 1 aromatic carbocycles. The molecule has 0 radical (unpaired) electrons. The summed E-state index contributed by atoms with van der Waals surface area (Å²) in [5.74, 6) is 2.38. The fraction of sp³-hybridized carbons (Fsp3) is 0.692. The molecular weight excluding hydrogens is 400 g/mol. The average molecular weight is 441 g/mol. The molecule has 6 nitrogen and oxygen atoms in total. The standard InChI is InChI=1S/C26H40N4O2/c1-3-30(4-2)18-20-7-5-19(6-8-20)17-28-24(31)9-10-27-25(32)29-26-14-21-11-22(15-26)13-23(12-21)16-26/h5-8,21-23H,3-4,9-18H2,1-2H3,(H,28,31)(H2,27,29,32). The van der Waals surface area contributed by atoms with E-state index < -0.39 is 0 Å². The summed E-state index contributed by atoms with van der Waals surface area (Å²) in [5, 5.41) is 9.17. The minimum atomic E-state index is -0.108. The van der Waals surface area contributed by atoms with Crippen LogP contribution in [-0.2, 0) is 17.9 Å². The van der Waals surface area contributed by atoms with Gasteiger partial charge in [0.25, 0.3) is 0 Å². The molecule has 0 atom stereocenters. The Hall–Kier alpha value is -2.08. The van der Waals surface area contributed by atoms with Gasteiger partial charge in [0.2, 0.25) is 5.91 Å². The van der Waals surface area contributed by atoms with Crippen molar-refractivity contribution >= 4 is 11.9 Å². The number of nitrogens with zero attached hydrogens (tertiary/aromatic N) is 1. The van der Waals surface area contributed by atoms with E-state index in [9.17, 15) is 9.59 Å². The van der Waals surface area contributed by atoms with Crippen LogP contribution in [0.5, 0.6) is 0 Å². The van der Waals surface area contributed by atoms with E-state index in [1.54, 1.807) is 0 Å². The summed E-state index contributed by atoms with van der Waals surface area (Å²) in [7, 11) is 0. The van der Waals surface area contributed by atoms with Crippen LogP contribution in [0, 0.1) is 17.8 Å². The number of urea groups is 1. The molecule has 5 rings (SSSR count). The van der Waals surface area contributed by atoms with Crippen LogP contribution in [-0.4, -0.2) is 42.0 Å². The summed E-state index contributed by atoms with van der Waals surface area (Å²) in [6.07, 6.45) is 7.81. The van der Waals surface area contributed by atoms with E-state index in [4.69, 9.17) is 0 Å². The summed E-state index contributed by atoms with van der Waals surface area (Å²) in [6.45, 7) is 8.28. The van der Waals surface area contributed by atoms with Crippen LogP contribution in [0.15, 0.2) is 24.3 Å². The van der Waals surface area contributed by atoms with Gasteiger partial charge in [-0.05, 0) is 80.5 Å². The first-order valence-corrected chi connectivity index (χ1v) is 12.6. The first-order valence-electron chi connectivity index (χ1n) is 12.6. The largest absolute Gasteiger partial charge is 0.352 e. The van der Waals surface area contributed by atoms with Gasteiger partial charge in [-0.2, -0.15) is 0 Å². The summed E-state index contributed by atoms with van der Waals surface area (Å²) in [4.78, 5) is 27.1. The Balaban J connectivity index is 1.13. The Labute approximate surface area is 192 Å². The number of carbonyl (C=O) groups excluding carboxylic acids is 2. The zero-order valence-electron chi connectivity index (χ0n) is 19.8. The van der Waals surface area contributed by atoms with E-state index in [0.717, 1.165) is 62.2 Å². The van der Waals surface area contributed by atoms with Gasteiger partial charge >= 0.3 is 6.03 Å². The van der Waals surface area contributed by atoms with E-state index in [1.807, 2.05) is 0 Å². The molecule has 4 aliphatic carbocycles. The van der Waals surface area contributed by atoms with Crippen LogP contribution in [0.2, 0.25) is 0 Å². The number of carbonyl (C=O) groups is 2. The third-order valence-corrected chi connectivity index (χ3v) is 7.87. The average Bonchev–Trinajstić information content (AvgIpc) is 2.75. The highest BCUT2D eigenvalue weighted by molar-refractivity contribution is 5.78. The van der Waals surface area contributed by atoms with Gasteiger partial charge in [0.05, 0.1) is 0 Å². The van der Waals surface area contributed by atoms with Gasteiger partial charge in [-0.25, -0.2) is 4.79 Å². The van der Waals surface area contributed by atoms with E-state index >= 15 is 0 Å². The highest BCUT2D eigenvalue weighted by atomic mass is 16.2. The van der Waals surface area contributed by atoms with Crippen LogP contribution in [0.4, 0.5) is 4.79 Å². The Kier molecular flexibility index (Phi) is 7.39. The van der Waals surface area contributed by atoms with E-state index in [-0.39, 0.29) is 17.5 Å². The fourth-order valence-electron chi connectivity index (χ4n) is 6.60. The Morgan fingerprint density at radius 2 is 1.47 bits per heavy atom. The molecule has 4 bridgehead atoms. The van der Waals surface area contributed by atoms with Gasteiger partial charge < -0.3 is 16.0 Å². The minimum Gasteiger partial charge on any atom is -0.352 e. The summed E-state index contributed by atoms with van der Waals surface area (Å²) in [6, 6.07) is 8.32. The SMILES string of the molecule is CCN(CC)Cc1ccc(CNC(=O)CCNC(=O)NC23CC4CC(CC(C4)C2)C3)cc1. The lowest BCUT2D eigenvalue weighted by molar-refractivity contribution is -0.121. The topological polar surface area (TPSA) is 73.5 Å². The molecule has 32 heavy (non-hydrogen) atoms. The molecular formula is C26H40N4O2. The molecule has 0 aromatic heterocycles. The normalized spacial score (nSPS) is 28.0. The van der Waals surface area contributed by atoms with Crippen molar-refractivity contribution in [3.63, 3.8) is 0 Å². The first kappa shape index (κ1) is 23.1. The second-order valence-electron chi connectivity index (χ2n) is 10.4. The highest BCUT2D eigenvalue weighted by Gasteiger charge is 2.51. The van der Waals surface area contributed by atoms with Crippen molar-refractivity contribution in [2.45, 2.75) is 77.4 Å². The second kappa shape index (κ2) is 10.2. The van der Waals surface area contributed by atoms with Crippen molar-refractivity contribution in [1.82, 2.24) is 20.9 Å². The third kappa shape index (κ3) is 5.83. The van der Waals surface area contributed by atoms with Gasteiger partial charge in [-0.3, -0.25) is 9.69 Å². The smallest absolute Gasteiger partial charge is 0.315 e. The quantitative estimate of drug-likeness (QED) is 0.518. The van der Waals surface area contributed by atoms with Crippen molar-refractivity contribution in [3.05, 3.63) is 35.4 Å². The van der Waals surface area contributed by atoms with E-state index in [1.165, 1.54) is 24.8 Å². The molecule has 6 heteroatoms. The van der Waals surface area contributed by atoms with Crippen molar-refractivity contribution in [1.29, 1.82) is 0 Å². The van der Waals surface area contributed by atoms with Crippen molar-refractivity contribution in [3.8, 4) is 0 Å². The maximum atomic E-state index is 12.5. The number of rotatable bonds is 10. The third-order valence-electron chi connectivity index (χ3n) is 7.87. The van der Waals surface area contributed by atoms with Crippen LogP contribution in [0.25, 0.3) is 0 Å². The predicted molar refractivity (Wildman–Crippen MR) is 127 cm³/mol. The van der Waals surface area contributed by atoms with Crippen molar-refractivity contribution in [2.24, 2.45) is 17.8 Å². The van der Waals surface area contributed by atoms with Gasteiger partial charge in [0.1, 0.15) is 0 Å². The summed E-state index contributed by atoms with van der Waals surface area (Å²) < 4.78 is 0. The van der Waals surface area contributed by atoms with Crippen LogP contribution in [0.3, 0.4) is 0 Å². The lowest BCUT2D eigenvalue weighted by Crippen LogP contribution is -2.61. The predicted octanol–water partition coefficient (Wildman–Crippen LogP) is 3.80. The molecule has 1 aromatic rings. The lowest BCUT2D eigenvalue weighted by Gasteiger charge is -2.56. The maximum Gasteiger partial charge on any atom is 0.315 e. The molecule has 0 unspecified atom stereocenters. The number of hydrogen-bond acceptors (Lipinski definition) is 3. The molecule has 176 valence electrons. The molecule has 4 fully saturated rings. The second-order valence-corrected chi connectivity index (χ2v) is 10.4. The zero-order chi connectivity index (χ0) is 22.6. The summed E-state index contributed by atoms with van der Waals surface area (Å²) in [5.41, 5.74) is 2.39. The number of amides is 3. The van der Waals surface area contributed by atoms with E-state index in [2.05, 4.69) is 59.0 Å². The molecule has 0 aliphatic heterocycles. The van der Waals surface area contributed by atoms with Crippen LogP contribution >= 0.6 is 0 Å². The van der Waals surface area contributed by atoms with Crippen molar-refractivity contribution < 1.29 is 9.59 Å².